The van der Waals surface area contributed by atoms with E-state index in [0.29, 0.717) is 30.4 Å². The minimum Gasteiger partial charge on any atom is -0.393 e. The van der Waals surface area contributed by atoms with Gasteiger partial charge in [0.2, 0.25) is 5.91 Å². The van der Waals surface area contributed by atoms with E-state index < -0.39 is 0 Å². The van der Waals surface area contributed by atoms with Gasteiger partial charge >= 0.3 is 0 Å². The first-order valence-electron chi connectivity index (χ1n) is 6.83. The topological polar surface area (TPSA) is 69.8 Å². The van der Waals surface area contributed by atoms with Gasteiger partial charge in [0, 0.05) is 20.0 Å². The number of likely N-dealkylation sites (N-methyl/N-ethyl adjacent to an activating group) is 1. The van der Waals surface area contributed by atoms with Gasteiger partial charge in [0.25, 0.3) is 0 Å². The minimum absolute atomic E-state index is 0.103. The van der Waals surface area contributed by atoms with E-state index in [4.69, 9.17) is 18.0 Å². The molecular formula is C13H25N3O2S. The van der Waals surface area contributed by atoms with Crippen molar-refractivity contribution in [3.63, 3.8) is 0 Å². The molecule has 0 bridgehead atoms. The molecule has 0 aromatic heterocycles. The van der Waals surface area contributed by atoms with Gasteiger partial charge in [-0.25, -0.2) is 0 Å². The Morgan fingerprint density at radius 2 is 2.11 bits per heavy atom. The Hall–Kier alpha value is -0.720. The Morgan fingerprint density at radius 1 is 1.53 bits per heavy atom. The number of piperidine rings is 1. The Kier molecular flexibility index (Phi) is 6.68. The van der Waals surface area contributed by atoms with Crippen LogP contribution in [0.4, 0.5) is 0 Å². The lowest BCUT2D eigenvalue weighted by molar-refractivity contribution is -0.131. The van der Waals surface area contributed by atoms with Crippen LogP contribution in [0, 0.1) is 5.92 Å². The smallest absolute Gasteiger partial charge is 0.236 e. The van der Waals surface area contributed by atoms with Crippen LogP contribution < -0.4 is 5.73 Å². The minimum atomic E-state index is -0.244. The average Bonchev–Trinajstić information content (AvgIpc) is 2.36. The van der Waals surface area contributed by atoms with Gasteiger partial charge in [0.1, 0.15) is 0 Å². The standard InChI is InChI=1S/C13H25N3O2S/c1-10(17)11-3-7-16(8-4-11)9-13(18)15(2)6-5-12(14)19/h10-11,17H,3-9H2,1-2H3,(H2,14,19). The van der Waals surface area contributed by atoms with Crippen molar-refractivity contribution in [2.24, 2.45) is 11.7 Å². The molecule has 3 N–H and O–H groups in total. The lowest BCUT2D eigenvalue weighted by Gasteiger charge is -2.33. The number of rotatable bonds is 6. The Labute approximate surface area is 120 Å². The highest BCUT2D eigenvalue weighted by atomic mass is 32.1. The third-order valence-electron chi connectivity index (χ3n) is 3.79. The molecular weight excluding hydrogens is 262 g/mol. The molecule has 0 aliphatic carbocycles. The zero-order valence-corrected chi connectivity index (χ0v) is 12.7. The number of carbonyl (C=O) groups excluding carboxylic acids is 1. The largest absolute Gasteiger partial charge is 0.393 e. The maximum Gasteiger partial charge on any atom is 0.236 e. The van der Waals surface area contributed by atoms with Crippen molar-refractivity contribution in [3.8, 4) is 0 Å². The second-order valence-corrected chi connectivity index (χ2v) is 5.91. The number of carbonyl (C=O) groups is 1. The molecule has 1 aliphatic heterocycles. The van der Waals surface area contributed by atoms with Gasteiger partial charge in [-0.05, 0) is 38.8 Å². The van der Waals surface area contributed by atoms with Gasteiger partial charge in [-0.3, -0.25) is 9.69 Å². The van der Waals surface area contributed by atoms with Crippen LogP contribution in [0.1, 0.15) is 26.2 Å². The number of hydrogen-bond acceptors (Lipinski definition) is 4. The van der Waals surface area contributed by atoms with Gasteiger partial charge in [-0.15, -0.1) is 0 Å². The van der Waals surface area contributed by atoms with Crippen molar-refractivity contribution in [2.75, 3.05) is 33.2 Å². The average molecular weight is 287 g/mol. The normalized spacial score (nSPS) is 19.1. The van der Waals surface area contributed by atoms with Crippen molar-refractivity contribution in [2.45, 2.75) is 32.3 Å². The van der Waals surface area contributed by atoms with Crippen molar-refractivity contribution in [1.29, 1.82) is 0 Å². The molecule has 1 fully saturated rings. The monoisotopic (exact) mass is 287 g/mol. The highest BCUT2D eigenvalue weighted by molar-refractivity contribution is 7.80. The van der Waals surface area contributed by atoms with E-state index in [1.807, 2.05) is 6.92 Å². The number of aliphatic hydroxyl groups excluding tert-OH is 1. The summed E-state index contributed by atoms with van der Waals surface area (Å²) >= 11 is 4.80. The summed E-state index contributed by atoms with van der Waals surface area (Å²) in [6.45, 7) is 4.63. The fraction of sp³-hybridized carbons (Fsp3) is 0.846. The third kappa shape index (κ3) is 5.84. The summed E-state index contributed by atoms with van der Waals surface area (Å²) in [5.74, 6) is 0.477. The molecule has 5 nitrogen and oxygen atoms in total. The summed E-state index contributed by atoms with van der Waals surface area (Å²) in [4.78, 5) is 16.3. The molecule has 1 unspecified atom stereocenters. The fourth-order valence-electron chi connectivity index (χ4n) is 2.31. The highest BCUT2D eigenvalue weighted by Gasteiger charge is 2.24. The molecule has 1 heterocycles. The molecule has 19 heavy (non-hydrogen) atoms. The molecule has 0 saturated carbocycles. The van der Waals surface area contributed by atoms with Crippen LogP contribution in [-0.2, 0) is 4.79 Å². The molecule has 1 rings (SSSR count). The van der Waals surface area contributed by atoms with E-state index >= 15 is 0 Å². The molecule has 110 valence electrons. The second kappa shape index (κ2) is 7.77. The van der Waals surface area contributed by atoms with Crippen molar-refractivity contribution >= 4 is 23.1 Å². The summed E-state index contributed by atoms with van der Waals surface area (Å²) in [6.07, 6.45) is 2.25. The molecule has 1 atom stereocenters. The van der Waals surface area contributed by atoms with Crippen LogP contribution in [0.15, 0.2) is 0 Å². The van der Waals surface area contributed by atoms with Crippen molar-refractivity contribution in [1.82, 2.24) is 9.80 Å². The van der Waals surface area contributed by atoms with Gasteiger partial charge in [-0.2, -0.15) is 0 Å². The molecule has 0 aromatic carbocycles. The summed E-state index contributed by atoms with van der Waals surface area (Å²) in [5, 5.41) is 9.54. The second-order valence-electron chi connectivity index (χ2n) is 5.39. The Bertz CT molecular complexity index is 315. The number of nitrogens with two attached hydrogens (primary N) is 1. The van der Waals surface area contributed by atoms with Crippen LogP contribution in [0.2, 0.25) is 0 Å². The van der Waals surface area contributed by atoms with Crippen molar-refractivity contribution in [3.05, 3.63) is 0 Å². The van der Waals surface area contributed by atoms with Crippen LogP contribution in [-0.4, -0.2) is 65.1 Å². The summed E-state index contributed by atoms with van der Waals surface area (Å²) in [6, 6.07) is 0. The van der Waals surface area contributed by atoms with Crippen LogP contribution in [0.5, 0.6) is 0 Å². The van der Waals surface area contributed by atoms with Gasteiger partial charge < -0.3 is 15.7 Å². The van der Waals surface area contributed by atoms with E-state index in [0.717, 1.165) is 25.9 Å². The lowest BCUT2D eigenvalue weighted by Crippen LogP contribution is -2.44. The third-order valence-corrected chi connectivity index (χ3v) is 4.00. The molecule has 0 radical (unpaired) electrons. The maximum atomic E-state index is 12.0. The number of thiocarbonyl (C=S) groups is 1. The fourth-order valence-corrected chi connectivity index (χ4v) is 2.40. The van der Waals surface area contributed by atoms with Crippen LogP contribution >= 0.6 is 12.2 Å². The molecule has 1 saturated heterocycles. The highest BCUT2D eigenvalue weighted by Crippen LogP contribution is 2.20. The maximum absolute atomic E-state index is 12.0. The predicted octanol–water partition coefficient (Wildman–Crippen LogP) is 0.214. The first kappa shape index (κ1) is 16.3. The summed E-state index contributed by atoms with van der Waals surface area (Å²) in [7, 11) is 1.78. The molecule has 0 aromatic rings. The number of hydrogen-bond donors (Lipinski definition) is 2. The van der Waals surface area contributed by atoms with Gasteiger partial charge in [-0.1, -0.05) is 12.2 Å². The number of aliphatic hydroxyl groups is 1. The van der Waals surface area contributed by atoms with E-state index in [1.165, 1.54) is 0 Å². The Morgan fingerprint density at radius 3 is 2.58 bits per heavy atom. The zero-order valence-electron chi connectivity index (χ0n) is 11.8. The molecule has 0 spiro atoms. The SMILES string of the molecule is CC(O)C1CCN(CC(=O)N(C)CCC(N)=S)CC1. The first-order valence-corrected chi connectivity index (χ1v) is 7.23. The summed E-state index contributed by atoms with van der Waals surface area (Å²) in [5.41, 5.74) is 5.43. The van der Waals surface area contributed by atoms with Crippen LogP contribution in [0.3, 0.4) is 0 Å². The predicted molar refractivity (Wildman–Crippen MR) is 79.9 cm³/mol. The lowest BCUT2D eigenvalue weighted by atomic mass is 9.92. The Balaban J connectivity index is 2.28. The zero-order chi connectivity index (χ0) is 14.4. The van der Waals surface area contributed by atoms with E-state index in [9.17, 15) is 9.90 Å². The van der Waals surface area contributed by atoms with Gasteiger partial charge in [0.05, 0.1) is 17.6 Å². The van der Waals surface area contributed by atoms with E-state index in [2.05, 4.69) is 4.90 Å². The van der Waals surface area contributed by atoms with E-state index in [1.54, 1.807) is 11.9 Å². The number of likely N-dealkylation sites (tertiary alicyclic amines) is 1. The quantitative estimate of drug-likeness (QED) is 0.684. The van der Waals surface area contributed by atoms with Gasteiger partial charge in [0.15, 0.2) is 0 Å². The molecule has 1 amide bonds. The van der Waals surface area contributed by atoms with Crippen molar-refractivity contribution < 1.29 is 9.90 Å². The van der Waals surface area contributed by atoms with E-state index in [-0.39, 0.29) is 12.0 Å². The number of nitrogens with zero attached hydrogens (tertiary/aromatic N) is 2. The molecule has 1 aliphatic rings. The van der Waals surface area contributed by atoms with Crippen LogP contribution in [0.25, 0.3) is 0 Å². The summed E-state index contributed by atoms with van der Waals surface area (Å²) < 4.78 is 0. The first-order chi connectivity index (χ1) is 8.90. The number of amides is 1. The molecule has 6 heteroatoms.